The molecule has 0 amide bonds. The number of hydrogen-bond donors (Lipinski definition) is 0. The second-order valence-corrected chi connectivity index (χ2v) is 23.6. The summed E-state index contributed by atoms with van der Waals surface area (Å²) in [6.45, 7) is 34.6. The molecule has 0 aromatic carbocycles. The molecule has 0 fully saturated rings. The fraction of sp³-hybridized carbons (Fsp3) is 0.947. The Morgan fingerprint density at radius 1 is 0.542 bits per heavy atom. The SMILES string of the molecule is CC(C)N(C(C)C)[P+](=C([Si](C)(C)C)[Si](C)(C)C)N(C(C)C)C(C)C. The van der Waals surface area contributed by atoms with Crippen LogP contribution >= 0.6 is 7.85 Å². The van der Waals surface area contributed by atoms with E-state index >= 15 is 0 Å². The monoisotopic (exact) mass is 389 g/mol. The van der Waals surface area contributed by atoms with Gasteiger partial charge in [-0.05, 0) is 55.4 Å². The van der Waals surface area contributed by atoms with Gasteiger partial charge < -0.3 is 0 Å². The normalized spacial score (nSPS) is 14.0. The summed E-state index contributed by atoms with van der Waals surface area (Å²) in [5.41, 5.74) is 0. The molecule has 0 N–H and O–H groups in total. The fourth-order valence-corrected chi connectivity index (χ4v) is 21.8. The quantitative estimate of drug-likeness (QED) is 0.347. The van der Waals surface area contributed by atoms with Gasteiger partial charge >= 0.3 is 0 Å². The lowest BCUT2D eigenvalue weighted by molar-refractivity contribution is 0.265. The predicted octanol–water partition coefficient (Wildman–Crippen LogP) is 6.46. The molecule has 24 heavy (non-hydrogen) atoms. The summed E-state index contributed by atoms with van der Waals surface area (Å²) in [6.07, 6.45) is 0. The molecule has 0 aromatic heterocycles. The first-order valence-corrected chi connectivity index (χ1v) is 18.0. The Morgan fingerprint density at radius 3 is 0.875 bits per heavy atom. The van der Waals surface area contributed by atoms with Crippen molar-refractivity contribution in [1.29, 1.82) is 0 Å². The predicted molar refractivity (Wildman–Crippen MR) is 123 cm³/mol. The highest BCUT2D eigenvalue weighted by molar-refractivity contribution is 7.71. The molecule has 0 aliphatic rings. The lowest BCUT2D eigenvalue weighted by Crippen LogP contribution is -2.54. The first kappa shape index (κ1) is 24.5. The molecule has 0 heterocycles. The Balaban J connectivity index is 6.97. The Kier molecular flexibility index (Phi) is 9.14. The molecule has 5 heteroatoms. The van der Waals surface area contributed by atoms with Crippen LogP contribution in [0.5, 0.6) is 0 Å². The van der Waals surface area contributed by atoms with Crippen LogP contribution in [-0.4, -0.2) is 54.2 Å². The zero-order chi connectivity index (χ0) is 19.6. The van der Waals surface area contributed by atoms with Crippen molar-refractivity contribution in [3.63, 3.8) is 0 Å². The Bertz CT molecular complexity index is 376. The van der Waals surface area contributed by atoms with Gasteiger partial charge in [0, 0.05) is 24.2 Å². The van der Waals surface area contributed by atoms with Crippen LogP contribution in [0, 0.1) is 0 Å². The van der Waals surface area contributed by atoms with Gasteiger partial charge in [0.05, 0.1) is 4.54 Å². The van der Waals surface area contributed by atoms with Crippen LogP contribution < -0.4 is 0 Å². The van der Waals surface area contributed by atoms with Crippen molar-refractivity contribution < 1.29 is 0 Å². The molecule has 0 aliphatic carbocycles. The molecule has 0 radical (unpaired) electrons. The van der Waals surface area contributed by atoms with Crippen LogP contribution in [-0.2, 0) is 0 Å². The molecule has 0 aliphatic heterocycles. The van der Waals surface area contributed by atoms with Crippen molar-refractivity contribution >= 4 is 28.5 Å². The summed E-state index contributed by atoms with van der Waals surface area (Å²) in [5, 5.41) is 0. The first-order chi connectivity index (χ1) is 10.5. The average Bonchev–Trinajstić information content (AvgIpc) is 2.21. The topological polar surface area (TPSA) is 6.48 Å². The maximum atomic E-state index is 2.85. The van der Waals surface area contributed by atoms with E-state index in [1.165, 1.54) is 0 Å². The van der Waals surface area contributed by atoms with Crippen LogP contribution in [0.15, 0.2) is 0 Å². The summed E-state index contributed by atoms with van der Waals surface area (Å²) in [6, 6.07) is 2.33. The smallest absolute Gasteiger partial charge is 0.111 e. The van der Waals surface area contributed by atoms with Gasteiger partial charge in [-0.1, -0.05) is 39.3 Å². The van der Waals surface area contributed by atoms with Crippen LogP contribution in [0.4, 0.5) is 0 Å². The average molecular weight is 390 g/mol. The summed E-state index contributed by atoms with van der Waals surface area (Å²) in [7, 11) is -3.12. The molecular weight excluding hydrogens is 343 g/mol. The molecule has 0 saturated carbocycles. The van der Waals surface area contributed by atoms with Crippen molar-refractivity contribution in [2.75, 3.05) is 0 Å². The van der Waals surface area contributed by atoms with Gasteiger partial charge in [0.15, 0.2) is 0 Å². The molecule has 0 unspecified atom stereocenters. The van der Waals surface area contributed by atoms with Crippen LogP contribution in [0.3, 0.4) is 0 Å². The third-order valence-corrected chi connectivity index (χ3v) is 19.9. The summed E-state index contributed by atoms with van der Waals surface area (Å²) >= 11 is 0. The van der Waals surface area contributed by atoms with Gasteiger partial charge in [-0.15, -0.1) is 9.34 Å². The van der Waals surface area contributed by atoms with E-state index in [0.717, 1.165) is 0 Å². The highest BCUT2D eigenvalue weighted by Crippen LogP contribution is 2.46. The van der Waals surface area contributed by atoms with E-state index in [0.29, 0.717) is 24.2 Å². The molecule has 0 atom stereocenters. The largest absolute Gasteiger partial charge is 0.270 e. The number of nitrogens with zero attached hydrogens (tertiary/aromatic N) is 2. The van der Waals surface area contributed by atoms with Gasteiger partial charge in [-0.2, -0.15) is 0 Å². The van der Waals surface area contributed by atoms with E-state index in [1.54, 1.807) is 0 Å². The third-order valence-electron chi connectivity index (χ3n) is 4.17. The van der Waals surface area contributed by atoms with Crippen molar-refractivity contribution in [2.45, 2.75) is 119 Å². The third kappa shape index (κ3) is 6.35. The lowest BCUT2D eigenvalue weighted by Gasteiger charge is -2.37. The number of hydrogen-bond acceptors (Lipinski definition) is 2. The van der Waals surface area contributed by atoms with Crippen LogP contribution in [0.2, 0.25) is 39.3 Å². The van der Waals surface area contributed by atoms with Crippen molar-refractivity contribution in [3.8, 4) is 0 Å². The van der Waals surface area contributed by atoms with Crippen LogP contribution in [0.25, 0.3) is 0 Å². The van der Waals surface area contributed by atoms with E-state index in [2.05, 4.69) is 104 Å². The fourth-order valence-electron chi connectivity index (χ4n) is 4.14. The molecule has 0 saturated heterocycles. The zero-order valence-corrected chi connectivity index (χ0v) is 22.0. The van der Waals surface area contributed by atoms with Crippen molar-refractivity contribution in [2.24, 2.45) is 0 Å². The Morgan fingerprint density at radius 2 is 0.750 bits per heavy atom. The van der Waals surface area contributed by atoms with Gasteiger partial charge in [0.2, 0.25) is 0 Å². The van der Waals surface area contributed by atoms with Gasteiger partial charge in [-0.25, -0.2) is 0 Å². The van der Waals surface area contributed by atoms with Crippen LogP contribution in [0.1, 0.15) is 55.4 Å². The minimum atomic E-state index is -1.37. The van der Waals surface area contributed by atoms with Gasteiger partial charge in [0.1, 0.15) is 16.1 Å². The Labute approximate surface area is 156 Å². The second kappa shape index (κ2) is 8.95. The molecule has 0 rings (SSSR count). The van der Waals surface area contributed by atoms with E-state index in [4.69, 9.17) is 0 Å². The summed E-state index contributed by atoms with van der Waals surface area (Å²) < 4.78 is 7.68. The maximum absolute atomic E-state index is 2.85. The first-order valence-electron chi connectivity index (χ1n) is 9.78. The van der Waals surface area contributed by atoms with E-state index in [1.807, 2.05) is 4.54 Å². The number of rotatable bonds is 8. The van der Waals surface area contributed by atoms with E-state index in [9.17, 15) is 0 Å². The standard InChI is InChI=1S/C19H46N2PSi2/c1-15(2)20(16(3)4)22(21(17(5)6)18(7)8)19(23(9,10)11)24(12,13)14/h15-18H,1-14H3/q+1. The molecular formula is C19H46N2PSi2+. The highest BCUT2D eigenvalue weighted by Gasteiger charge is 2.49. The second-order valence-electron chi connectivity index (χ2n) is 10.3. The molecule has 144 valence electrons. The molecule has 0 bridgehead atoms. The summed E-state index contributed by atoms with van der Waals surface area (Å²) in [5.74, 6) is 0. The van der Waals surface area contributed by atoms with E-state index in [-0.39, 0.29) is 7.85 Å². The van der Waals surface area contributed by atoms with Gasteiger partial charge in [-0.3, -0.25) is 0 Å². The maximum Gasteiger partial charge on any atom is 0.270 e. The van der Waals surface area contributed by atoms with E-state index < -0.39 is 16.1 Å². The highest BCUT2D eigenvalue weighted by atomic mass is 31.1. The molecule has 0 aromatic rings. The van der Waals surface area contributed by atoms with Crippen molar-refractivity contribution in [3.05, 3.63) is 0 Å². The summed E-state index contributed by atoms with van der Waals surface area (Å²) in [4.78, 5) is 0. The molecule has 2 nitrogen and oxygen atoms in total. The van der Waals surface area contributed by atoms with Crippen molar-refractivity contribution in [1.82, 2.24) is 9.34 Å². The molecule has 0 spiro atoms. The minimum Gasteiger partial charge on any atom is -0.111 e. The minimum absolute atomic E-state index is 0.378. The Hall–Kier alpha value is 0.524. The van der Waals surface area contributed by atoms with Gasteiger partial charge in [0.25, 0.3) is 7.85 Å². The lowest BCUT2D eigenvalue weighted by atomic mass is 10.3. The zero-order valence-electron chi connectivity index (χ0n) is 19.2.